The highest BCUT2D eigenvalue weighted by Crippen LogP contribution is 2.18. The van der Waals surface area contributed by atoms with Crippen LogP contribution in [0.15, 0.2) is 0 Å². The van der Waals surface area contributed by atoms with Crippen LogP contribution in [0.4, 0.5) is 0 Å². The first kappa shape index (κ1) is 30.9. The van der Waals surface area contributed by atoms with E-state index in [2.05, 4.69) is 42.0 Å². The van der Waals surface area contributed by atoms with E-state index in [9.17, 15) is 24.0 Å². The zero-order valence-electron chi connectivity index (χ0n) is 21.1. The third kappa shape index (κ3) is 16.2. The molecule has 0 aromatic rings. The molecule has 1 aliphatic rings. The number of hydrogen-bond acceptors (Lipinski definition) is 6. The summed E-state index contributed by atoms with van der Waals surface area (Å²) in [5.41, 5.74) is 0. The average Bonchev–Trinajstić information content (AvgIpc) is 3.51. The number of ketones is 1. The number of Topliss-reactive ketones (excluding diaryl/α,β-unsaturated/α-hetero) is 1. The van der Waals surface area contributed by atoms with Crippen molar-refractivity contribution in [3.8, 4) is 0 Å². The van der Waals surface area contributed by atoms with Crippen molar-refractivity contribution in [1.82, 2.24) is 21.3 Å². The predicted octanol–water partition coefficient (Wildman–Crippen LogP) is 1.40. The summed E-state index contributed by atoms with van der Waals surface area (Å²) in [5, 5.41) is 10.2. The lowest BCUT2D eigenvalue weighted by atomic mass is 10.0. The van der Waals surface area contributed by atoms with Crippen LogP contribution >= 0.6 is 11.8 Å². The Hall–Kier alpha value is -2.10. The maximum absolute atomic E-state index is 12.4. The Bertz CT molecular complexity index is 662. The van der Waals surface area contributed by atoms with Crippen molar-refractivity contribution in [2.45, 2.75) is 85.4 Å². The zero-order valence-corrected chi connectivity index (χ0v) is 21.9. The van der Waals surface area contributed by atoms with Crippen LogP contribution in [-0.4, -0.2) is 66.1 Å². The molecule has 33 heavy (non-hydrogen) atoms. The van der Waals surface area contributed by atoms with Crippen LogP contribution in [0.2, 0.25) is 0 Å². The smallest absolute Gasteiger partial charge is 0.289 e. The molecular weight excluding hydrogens is 444 g/mol. The van der Waals surface area contributed by atoms with Gasteiger partial charge in [-0.05, 0) is 49.5 Å². The van der Waals surface area contributed by atoms with Crippen molar-refractivity contribution in [2.24, 2.45) is 11.8 Å². The maximum atomic E-state index is 12.4. The average molecular weight is 487 g/mol. The van der Waals surface area contributed by atoms with Gasteiger partial charge in [0.15, 0.2) is 0 Å². The van der Waals surface area contributed by atoms with E-state index in [0.717, 1.165) is 18.8 Å². The molecule has 0 spiro atoms. The molecule has 2 unspecified atom stereocenters. The van der Waals surface area contributed by atoms with E-state index in [0.29, 0.717) is 18.6 Å². The molecule has 4 amide bonds. The van der Waals surface area contributed by atoms with Gasteiger partial charge in [-0.3, -0.25) is 24.0 Å². The third-order valence-electron chi connectivity index (χ3n) is 4.22. The highest BCUT2D eigenvalue weighted by Gasteiger charge is 2.31. The number of amides is 4. The van der Waals surface area contributed by atoms with Gasteiger partial charge in [-0.25, -0.2) is 0 Å². The predicted molar refractivity (Wildman–Crippen MR) is 132 cm³/mol. The summed E-state index contributed by atoms with van der Waals surface area (Å²) < 4.78 is 0. The van der Waals surface area contributed by atoms with Crippen molar-refractivity contribution < 1.29 is 24.0 Å². The molecule has 0 radical (unpaired) electrons. The molecule has 0 aromatic carbocycles. The second-order valence-corrected chi connectivity index (χ2v) is 10.3. The first-order chi connectivity index (χ1) is 15.4. The zero-order chi connectivity index (χ0) is 25.6. The van der Waals surface area contributed by atoms with Crippen molar-refractivity contribution in [3.05, 3.63) is 0 Å². The van der Waals surface area contributed by atoms with Gasteiger partial charge in [0.1, 0.15) is 6.04 Å². The topological polar surface area (TPSA) is 133 Å². The molecule has 0 heterocycles. The van der Waals surface area contributed by atoms with E-state index in [1.54, 1.807) is 0 Å². The van der Waals surface area contributed by atoms with Crippen LogP contribution in [0, 0.1) is 11.8 Å². The lowest BCUT2D eigenvalue weighted by Gasteiger charge is -2.20. The summed E-state index contributed by atoms with van der Waals surface area (Å²) in [6.45, 7) is 11.3. The standard InChI is InChI=1S/C19H32N4O5S.C4H10/c1-11(2)9-15(21-12(3)24)18(27)20-10-16(25)23-14(7-8-29-4)17(26)19(28)22-13-5-6-13;1-4(2)3/h11,13-15H,5-10H2,1-4H3,(H,20,27)(H,21,24)(H,22,28)(H,23,25);4H,1-3H3. The Morgan fingerprint density at radius 3 is 1.97 bits per heavy atom. The van der Waals surface area contributed by atoms with Crippen LogP contribution in [0.1, 0.15) is 67.2 Å². The first-order valence-corrected chi connectivity index (χ1v) is 12.9. The number of thioether (sulfide) groups is 1. The molecular formula is C23H42N4O5S. The molecule has 2 atom stereocenters. The minimum Gasteiger partial charge on any atom is -0.347 e. The fourth-order valence-electron chi connectivity index (χ4n) is 2.63. The molecule has 1 saturated carbocycles. The largest absolute Gasteiger partial charge is 0.347 e. The minimum absolute atomic E-state index is 0.0503. The van der Waals surface area contributed by atoms with E-state index in [-0.39, 0.29) is 24.4 Å². The van der Waals surface area contributed by atoms with Crippen LogP contribution in [-0.2, 0) is 24.0 Å². The van der Waals surface area contributed by atoms with Gasteiger partial charge >= 0.3 is 0 Å². The fraction of sp³-hybridized carbons (Fsp3) is 0.783. The van der Waals surface area contributed by atoms with Crippen molar-refractivity contribution in [2.75, 3.05) is 18.6 Å². The fourth-order valence-corrected chi connectivity index (χ4v) is 3.10. The Labute approximate surface area is 202 Å². The first-order valence-electron chi connectivity index (χ1n) is 11.5. The summed E-state index contributed by atoms with van der Waals surface area (Å²) in [7, 11) is 0. The number of carbonyl (C=O) groups is 5. The lowest BCUT2D eigenvalue weighted by molar-refractivity contribution is -0.140. The number of hydrogen-bond donors (Lipinski definition) is 4. The Kier molecular flexibility index (Phi) is 15.5. The Morgan fingerprint density at radius 2 is 1.52 bits per heavy atom. The van der Waals surface area contributed by atoms with Crippen molar-refractivity contribution in [1.29, 1.82) is 0 Å². The number of rotatable bonds is 13. The van der Waals surface area contributed by atoms with Crippen LogP contribution < -0.4 is 21.3 Å². The molecule has 1 fully saturated rings. The van der Waals surface area contributed by atoms with Crippen molar-refractivity contribution >= 4 is 41.2 Å². The van der Waals surface area contributed by atoms with Crippen LogP contribution in [0.3, 0.4) is 0 Å². The summed E-state index contributed by atoms with van der Waals surface area (Å²) in [4.78, 5) is 60.2. The summed E-state index contributed by atoms with van der Waals surface area (Å²) in [6.07, 6.45) is 4.34. The van der Waals surface area contributed by atoms with E-state index < -0.39 is 35.6 Å². The summed E-state index contributed by atoms with van der Waals surface area (Å²) >= 11 is 1.50. The van der Waals surface area contributed by atoms with Gasteiger partial charge in [0, 0.05) is 13.0 Å². The molecule has 190 valence electrons. The van der Waals surface area contributed by atoms with Gasteiger partial charge in [0.05, 0.1) is 12.6 Å². The minimum atomic E-state index is -0.938. The van der Waals surface area contributed by atoms with Gasteiger partial charge < -0.3 is 21.3 Å². The van der Waals surface area contributed by atoms with Gasteiger partial charge in [-0.1, -0.05) is 34.6 Å². The quantitative estimate of drug-likeness (QED) is 0.291. The molecule has 1 aliphatic carbocycles. The lowest BCUT2D eigenvalue weighted by Crippen LogP contribution is -2.52. The van der Waals surface area contributed by atoms with Gasteiger partial charge in [0.2, 0.25) is 23.5 Å². The Balaban J connectivity index is 0.00000235. The van der Waals surface area contributed by atoms with Crippen molar-refractivity contribution in [3.63, 3.8) is 0 Å². The number of nitrogens with one attached hydrogen (secondary N) is 4. The molecule has 1 rings (SSSR count). The van der Waals surface area contributed by atoms with Gasteiger partial charge in [0.25, 0.3) is 5.91 Å². The van der Waals surface area contributed by atoms with E-state index in [1.165, 1.54) is 18.7 Å². The Morgan fingerprint density at radius 1 is 0.939 bits per heavy atom. The second kappa shape index (κ2) is 16.5. The van der Waals surface area contributed by atoms with E-state index >= 15 is 0 Å². The highest BCUT2D eigenvalue weighted by molar-refractivity contribution is 7.98. The normalized spacial score (nSPS) is 14.5. The SMILES string of the molecule is CC(C)C.CSCCC(NC(=O)CNC(=O)C(CC(C)C)NC(C)=O)C(=O)C(=O)NC1CC1. The maximum Gasteiger partial charge on any atom is 0.289 e. The van der Waals surface area contributed by atoms with Crippen LogP contribution in [0.5, 0.6) is 0 Å². The molecule has 4 N–H and O–H groups in total. The number of carbonyl (C=O) groups excluding carboxylic acids is 5. The molecule has 9 nitrogen and oxygen atoms in total. The van der Waals surface area contributed by atoms with E-state index in [4.69, 9.17) is 0 Å². The third-order valence-corrected chi connectivity index (χ3v) is 4.87. The molecule has 0 saturated heterocycles. The van der Waals surface area contributed by atoms with E-state index in [1.807, 2.05) is 20.1 Å². The van der Waals surface area contributed by atoms with Gasteiger partial charge in [-0.15, -0.1) is 0 Å². The summed E-state index contributed by atoms with van der Waals surface area (Å²) in [5.74, 6) is -1.14. The monoisotopic (exact) mass is 486 g/mol. The van der Waals surface area contributed by atoms with Crippen LogP contribution in [0.25, 0.3) is 0 Å². The molecule has 0 aliphatic heterocycles. The highest BCUT2D eigenvalue weighted by atomic mass is 32.2. The second-order valence-electron chi connectivity index (χ2n) is 9.35. The summed E-state index contributed by atoms with van der Waals surface area (Å²) in [6, 6.07) is -1.62. The molecule has 0 aromatic heterocycles. The van der Waals surface area contributed by atoms with Gasteiger partial charge in [-0.2, -0.15) is 11.8 Å². The molecule has 10 heteroatoms. The molecule has 0 bridgehead atoms.